The standard InChI is InChI=1S/C5H9NO2S/c6-5(8)2-1-4(7)3-9/h1-2,4,7,9H,3H2,(H2,6,8). The van der Waals surface area contributed by atoms with Crippen molar-refractivity contribution < 1.29 is 9.90 Å². The highest BCUT2D eigenvalue weighted by Crippen LogP contribution is 1.87. The number of amides is 1. The number of carbonyl (C=O) groups excluding carboxylic acids is 1. The Morgan fingerprint density at radius 3 is 2.78 bits per heavy atom. The van der Waals surface area contributed by atoms with Crippen LogP contribution in [0.2, 0.25) is 0 Å². The molecular weight excluding hydrogens is 138 g/mol. The molecule has 0 aromatic rings. The van der Waals surface area contributed by atoms with E-state index in [1.807, 2.05) is 0 Å². The number of aliphatic hydroxyl groups is 1. The van der Waals surface area contributed by atoms with Crippen LogP contribution in [0.4, 0.5) is 0 Å². The molecule has 0 aromatic carbocycles. The summed E-state index contributed by atoms with van der Waals surface area (Å²) in [5.74, 6) is -0.264. The second kappa shape index (κ2) is 4.40. The maximum Gasteiger partial charge on any atom is 0.241 e. The lowest BCUT2D eigenvalue weighted by Gasteiger charge is -1.95. The molecule has 0 saturated carbocycles. The molecule has 3 nitrogen and oxygen atoms in total. The third kappa shape index (κ3) is 5.39. The van der Waals surface area contributed by atoms with Crippen LogP contribution in [0.5, 0.6) is 0 Å². The number of primary amides is 1. The monoisotopic (exact) mass is 147 g/mol. The summed E-state index contributed by atoms with van der Waals surface area (Å²) < 4.78 is 0. The van der Waals surface area contributed by atoms with Gasteiger partial charge in [-0.3, -0.25) is 4.79 Å². The lowest BCUT2D eigenvalue weighted by molar-refractivity contribution is -0.113. The van der Waals surface area contributed by atoms with Crippen molar-refractivity contribution in [2.45, 2.75) is 6.10 Å². The number of aliphatic hydroxyl groups excluding tert-OH is 1. The molecule has 0 fully saturated rings. The fourth-order valence-electron chi connectivity index (χ4n) is 0.267. The SMILES string of the molecule is NC(=O)C=CC(O)CS. The molecule has 0 aliphatic heterocycles. The van der Waals surface area contributed by atoms with Crippen LogP contribution < -0.4 is 5.73 Å². The summed E-state index contributed by atoms with van der Waals surface area (Å²) in [5, 5.41) is 8.74. The molecule has 9 heavy (non-hydrogen) atoms. The zero-order valence-electron chi connectivity index (χ0n) is 4.82. The van der Waals surface area contributed by atoms with Gasteiger partial charge in [0.15, 0.2) is 0 Å². The molecule has 0 radical (unpaired) electrons. The molecule has 1 unspecified atom stereocenters. The minimum absolute atomic E-state index is 0.295. The van der Waals surface area contributed by atoms with E-state index in [9.17, 15) is 4.79 Å². The van der Waals surface area contributed by atoms with Crippen LogP contribution in [0, 0.1) is 0 Å². The smallest absolute Gasteiger partial charge is 0.241 e. The van der Waals surface area contributed by atoms with Crippen LogP contribution >= 0.6 is 12.6 Å². The number of carbonyl (C=O) groups is 1. The Labute approximate surface area is 59.0 Å². The Morgan fingerprint density at radius 1 is 1.89 bits per heavy atom. The van der Waals surface area contributed by atoms with E-state index in [1.165, 1.54) is 6.08 Å². The van der Waals surface area contributed by atoms with E-state index < -0.39 is 12.0 Å². The molecule has 3 N–H and O–H groups in total. The topological polar surface area (TPSA) is 63.3 Å². The van der Waals surface area contributed by atoms with E-state index in [1.54, 1.807) is 0 Å². The fourth-order valence-corrected chi connectivity index (χ4v) is 0.388. The van der Waals surface area contributed by atoms with Crippen molar-refractivity contribution in [2.24, 2.45) is 5.73 Å². The van der Waals surface area contributed by atoms with Crippen molar-refractivity contribution in [3.63, 3.8) is 0 Å². The molecule has 0 spiro atoms. The van der Waals surface area contributed by atoms with Crippen molar-refractivity contribution in [3.8, 4) is 0 Å². The third-order valence-corrected chi connectivity index (χ3v) is 1.04. The van der Waals surface area contributed by atoms with E-state index in [0.29, 0.717) is 5.75 Å². The molecule has 0 bridgehead atoms. The first-order valence-corrected chi connectivity index (χ1v) is 3.06. The Kier molecular flexibility index (Phi) is 4.17. The number of rotatable bonds is 3. The third-order valence-electron chi connectivity index (χ3n) is 0.670. The predicted molar refractivity (Wildman–Crippen MR) is 38.2 cm³/mol. The summed E-state index contributed by atoms with van der Waals surface area (Å²) in [7, 11) is 0. The lowest BCUT2D eigenvalue weighted by Crippen LogP contribution is -2.09. The van der Waals surface area contributed by atoms with Gasteiger partial charge in [-0.1, -0.05) is 0 Å². The number of hydrogen-bond acceptors (Lipinski definition) is 3. The van der Waals surface area contributed by atoms with Gasteiger partial charge in [0.2, 0.25) is 5.91 Å². The summed E-state index contributed by atoms with van der Waals surface area (Å²) in [4.78, 5) is 10.0. The average molecular weight is 147 g/mol. The van der Waals surface area contributed by atoms with Crippen molar-refractivity contribution in [1.29, 1.82) is 0 Å². The quantitative estimate of drug-likeness (QED) is 0.366. The summed E-state index contributed by atoms with van der Waals surface area (Å²) in [6.07, 6.45) is 1.73. The van der Waals surface area contributed by atoms with Crippen LogP contribution in [-0.2, 0) is 4.79 Å². The van der Waals surface area contributed by atoms with Crippen LogP contribution in [0.1, 0.15) is 0 Å². The van der Waals surface area contributed by atoms with Gasteiger partial charge in [-0.2, -0.15) is 12.6 Å². The fraction of sp³-hybridized carbons (Fsp3) is 0.400. The Bertz CT molecular complexity index is 124. The van der Waals surface area contributed by atoms with Crippen molar-refractivity contribution in [3.05, 3.63) is 12.2 Å². The first kappa shape index (κ1) is 8.52. The zero-order chi connectivity index (χ0) is 7.28. The summed E-state index contributed by atoms with van der Waals surface area (Å²) in [6, 6.07) is 0. The molecular formula is C5H9NO2S. The minimum atomic E-state index is -0.680. The maximum atomic E-state index is 10.0. The van der Waals surface area contributed by atoms with Crippen molar-refractivity contribution in [1.82, 2.24) is 0 Å². The largest absolute Gasteiger partial charge is 0.388 e. The molecule has 1 amide bonds. The van der Waals surface area contributed by atoms with Gasteiger partial charge in [0.1, 0.15) is 0 Å². The van der Waals surface area contributed by atoms with Gasteiger partial charge in [-0.15, -0.1) is 0 Å². The zero-order valence-corrected chi connectivity index (χ0v) is 5.71. The van der Waals surface area contributed by atoms with Gasteiger partial charge in [0.25, 0.3) is 0 Å². The molecule has 0 rings (SSSR count). The highest BCUT2D eigenvalue weighted by atomic mass is 32.1. The van der Waals surface area contributed by atoms with Gasteiger partial charge < -0.3 is 10.8 Å². The maximum absolute atomic E-state index is 10.0. The molecule has 0 aromatic heterocycles. The Balaban J connectivity index is 3.56. The van der Waals surface area contributed by atoms with Crippen molar-refractivity contribution >= 4 is 18.5 Å². The van der Waals surface area contributed by atoms with Gasteiger partial charge >= 0.3 is 0 Å². The molecule has 52 valence electrons. The minimum Gasteiger partial charge on any atom is -0.388 e. The van der Waals surface area contributed by atoms with E-state index in [4.69, 9.17) is 10.8 Å². The van der Waals surface area contributed by atoms with E-state index >= 15 is 0 Å². The first-order chi connectivity index (χ1) is 4.16. The molecule has 0 aliphatic rings. The number of hydrogen-bond donors (Lipinski definition) is 3. The highest BCUT2D eigenvalue weighted by Gasteiger charge is 1.92. The Morgan fingerprint density at radius 2 is 2.44 bits per heavy atom. The molecule has 0 saturated heterocycles. The normalized spacial score (nSPS) is 14.0. The van der Waals surface area contributed by atoms with E-state index in [0.717, 1.165) is 6.08 Å². The molecule has 0 aliphatic carbocycles. The number of nitrogens with two attached hydrogens (primary N) is 1. The predicted octanol–water partition coefficient (Wildman–Crippen LogP) is -0.681. The summed E-state index contributed by atoms with van der Waals surface area (Å²) in [5.41, 5.74) is 4.73. The van der Waals surface area contributed by atoms with Crippen LogP contribution in [-0.4, -0.2) is 22.9 Å². The van der Waals surface area contributed by atoms with E-state index in [2.05, 4.69) is 12.6 Å². The second-order valence-electron chi connectivity index (χ2n) is 1.51. The van der Waals surface area contributed by atoms with Crippen LogP contribution in [0.3, 0.4) is 0 Å². The highest BCUT2D eigenvalue weighted by molar-refractivity contribution is 7.80. The van der Waals surface area contributed by atoms with Gasteiger partial charge in [-0.05, 0) is 6.08 Å². The molecule has 1 atom stereocenters. The molecule has 4 heteroatoms. The average Bonchev–Trinajstić information content (AvgIpc) is 1.83. The lowest BCUT2D eigenvalue weighted by atomic mass is 10.3. The van der Waals surface area contributed by atoms with Gasteiger partial charge in [0, 0.05) is 11.8 Å². The summed E-state index contributed by atoms with van der Waals surface area (Å²) >= 11 is 3.76. The summed E-state index contributed by atoms with van der Waals surface area (Å²) in [6.45, 7) is 0. The number of thiol groups is 1. The second-order valence-corrected chi connectivity index (χ2v) is 1.88. The van der Waals surface area contributed by atoms with E-state index in [-0.39, 0.29) is 0 Å². The first-order valence-electron chi connectivity index (χ1n) is 2.43. The van der Waals surface area contributed by atoms with Crippen LogP contribution in [0.15, 0.2) is 12.2 Å². The molecule has 0 heterocycles. The van der Waals surface area contributed by atoms with Gasteiger partial charge in [0.05, 0.1) is 6.10 Å². The Hall–Kier alpha value is -0.480. The van der Waals surface area contributed by atoms with Crippen molar-refractivity contribution in [2.75, 3.05) is 5.75 Å². The van der Waals surface area contributed by atoms with Gasteiger partial charge in [-0.25, -0.2) is 0 Å². The van der Waals surface area contributed by atoms with Crippen LogP contribution in [0.25, 0.3) is 0 Å².